The molecule has 0 atom stereocenters. The van der Waals surface area contributed by atoms with Crippen LogP contribution in [0.15, 0.2) is 0 Å². The molecule has 0 saturated heterocycles. The summed E-state index contributed by atoms with van der Waals surface area (Å²) in [5.41, 5.74) is 0. The van der Waals surface area contributed by atoms with Crippen molar-refractivity contribution in [1.29, 1.82) is 0 Å². The second kappa shape index (κ2) is 29.7. The van der Waals surface area contributed by atoms with Crippen LogP contribution >= 0.6 is 0 Å². The van der Waals surface area contributed by atoms with E-state index in [0.717, 1.165) is 0 Å². The maximum absolute atomic E-state index is 0. The molecular weight excluding hydrogens is 630 g/mol. The number of rotatable bonds is 0. The molecule has 0 bridgehead atoms. The molecule has 0 amide bonds. The van der Waals surface area contributed by atoms with Crippen molar-refractivity contribution >= 4 is 0 Å². The predicted octanol–water partition coefficient (Wildman–Crippen LogP) is 0.570. The van der Waals surface area contributed by atoms with Crippen LogP contribution in [0.2, 0.25) is 0 Å². The molecule has 0 aromatic carbocycles. The summed E-state index contributed by atoms with van der Waals surface area (Å²) < 4.78 is 0. The Hall–Kier alpha value is 2.73. The minimum atomic E-state index is 0. The Morgan fingerprint density at radius 1 is 0.400 bits per heavy atom. The Kier molecular flexibility index (Phi) is 279. The van der Waals surface area contributed by atoms with Crippen LogP contribution in [0.5, 0.6) is 0 Å². The van der Waals surface area contributed by atoms with Gasteiger partial charge in [-0.3, -0.25) is 0 Å². The van der Waals surface area contributed by atoms with E-state index in [1.54, 1.807) is 0 Å². The predicted molar refractivity (Wildman–Crippen MR) is 6.72 cm³/mol. The van der Waals surface area contributed by atoms with Crippen LogP contribution in [0.4, 0.5) is 0 Å². The van der Waals surface area contributed by atoms with Gasteiger partial charge in [-0.2, -0.15) is 0 Å². The smallest absolute Gasteiger partial charge is 2.00 e. The fraction of sp³-hybridized carbons (Fsp3) is 0. The van der Waals surface area contributed by atoms with Gasteiger partial charge < -0.3 is 12.3 Å². The third-order valence-electron chi connectivity index (χ3n) is 0. The molecule has 2 nitrogen and oxygen atoms in total. The van der Waals surface area contributed by atoms with Crippen molar-refractivity contribution < 1.29 is 83.0 Å². The summed E-state index contributed by atoms with van der Waals surface area (Å²) >= 11 is 0. The van der Waals surface area contributed by atoms with Gasteiger partial charge in [-0.15, -0.1) is 0 Å². The van der Waals surface area contributed by atoms with Gasteiger partial charge in [-0.1, -0.05) is 0 Å². The van der Waals surface area contributed by atoms with Gasteiger partial charge in [0.25, 0.3) is 0 Å². The van der Waals surface area contributed by atoms with Crippen molar-refractivity contribution in [2.75, 3.05) is 0 Å². The minimum absolute atomic E-state index is 0. The average molecular weight is 630 g/mol. The standard InChI is InChI=1S/3Hg.2N/q3*+2;2*-3. The summed E-state index contributed by atoms with van der Waals surface area (Å²) in [6, 6.07) is 0. The average Bonchev–Trinajstić information content (AvgIpc) is 0. The van der Waals surface area contributed by atoms with Crippen molar-refractivity contribution in [2.45, 2.75) is 0 Å². The van der Waals surface area contributed by atoms with Crippen LogP contribution in [0.3, 0.4) is 0 Å². The van der Waals surface area contributed by atoms with E-state index in [2.05, 4.69) is 0 Å². The van der Waals surface area contributed by atoms with E-state index in [-0.39, 0.29) is 95.3 Å². The largest absolute Gasteiger partial charge is 3.00 e. The first-order valence-electron chi connectivity index (χ1n) is 0. The monoisotopic (exact) mass is 634 g/mol. The molecular formula is Hg3N2. The second-order valence-corrected chi connectivity index (χ2v) is 0. The molecule has 0 radical (unpaired) electrons. The topological polar surface area (TPSA) is 61.0 Å². The van der Waals surface area contributed by atoms with Gasteiger partial charge in [0, 0.05) is 0 Å². The van der Waals surface area contributed by atoms with Gasteiger partial charge in [0.05, 0.1) is 0 Å². The Bertz CT molecular complexity index is 4.85. The fourth-order valence-electron chi connectivity index (χ4n) is 0. The molecule has 0 aliphatic carbocycles. The first-order valence-corrected chi connectivity index (χ1v) is 0. The van der Waals surface area contributed by atoms with Crippen LogP contribution in [0, 0.1) is 0 Å². The maximum atomic E-state index is 0. The Morgan fingerprint density at radius 3 is 0.400 bits per heavy atom. The van der Waals surface area contributed by atoms with Crippen molar-refractivity contribution in [3.05, 3.63) is 12.3 Å². The van der Waals surface area contributed by atoms with Gasteiger partial charge in [0.1, 0.15) is 0 Å². The van der Waals surface area contributed by atoms with Crippen LogP contribution in [0.1, 0.15) is 0 Å². The van der Waals surface area contributed by atoms with Gasteiger partial charge in [-0.25, -0.2) is 0 Å². The quantitative estimate of drug-likeness (QED) is 0.352. The maximum Gasteiger partial charge on any atom is 2.00 e. The van der Waals surface area contributed by atoms with Gasteiger partial charge in [-0.05, 0) is 0 Å². The van der Waals surface area contributed by atoms with Crippen molar-refractivity contribution in [1.82, 2.24) is 0 Å². The summed E-state index contributed by atoms with van der Waals surface area (Å²) in [6.07, 6.45) is 0. The molecule has 0 spiro atoms. The molecule has 0 saturated carbocycles. The molecule has 0 fully saturated rings. The van der Waals surface area contributed by atoms with E-state index in [1.165, 1.54) is 0 Å². The first kappa shape index (κ1) is 47.0. The van der Waals surface area contributed by atoms with Crippen molar-refractivity contribution in [3.63, 3.8) is 0 Å². The summed E-state index contributed by atoms with van der Waals surface area (Å²) in [4.78, 5) is 0. The molecule has 5 heteroatoms. The number of hydrogen-bond acceptors (Lipinski definition) is 0. The molecule has 0 heterocycles. The van der Waals surface area contributed by atoms with E-state index in [4.69, 9.17) is 0 Å². The fourth-order valence-corrected chi connectivity index (χ4v) is 0. The first-order chi connectivity index (χ1) is 0. The Morgan fingerprint density at radius 2 is 0.400 bits per heavy atom. The van der Waals surface area contributed by atoms with E-state index in [9.17, 15) is 0 Å². The van der Waals surface area contributed by atoms with Gasteiger partial charge in [0.2, 0.25) is 0 Å². The third-order valence-corrected chi connectivity index (χ3v) is 0. The normalized spacial score (nSPS) is 0. The SMILES string of the molecule is [Hg+2].[Hg+2].[Hg+2].[N-3].[N-3]. The zero-order valence-corrected chi connectivity index (χ0v) is 19.5. The van der Waals surface area contributed by atoms with E-state index < -0.39 is 0 Å². The second-order valence-electron chi connectivity index (χ2n) is 0. The van der Waals surface area contributed by atoms with E-state index >= 15 is 0 Å². The van der Waals surface area contributed by atoms with Crippen LogP contribution in [-0.4, -0.2) is 0 Å². The number of hydrogen-bond donors (Lipinski definition) is 0. The molecule has 5 heavy (non-hydrogen) atoms. The van der Waals surface area contributed by atoms with E-state index in [0.29, 0.717) is 0 Å². The molecule has 16 valence electrons. The van der Waals surface area contributed by atoms with Crippen LogP contribution in [-0.2, 0) is 83.0 Å². The summed E-state index contributed by atoms with van der Waals surface area (Å²) in [5.74, 6) is 0. The molecule has 0 rings (SSSR count). The molecule has 0 unspecified atom stereocenters. The Labute approximate surface area is 93.5 Å². The van der Waals surface area contributed by atoms with Gasteiger partial charge >= 0.3 is 83.0 Å². The summed E-state index contributed by atoms with van der Waals surface area (Å²) in [6.45, 7) is 0. The summed E-state index contributed by atoms with van der Waals surface area (Å²) in [7, 11) is 0. The van der Waals surface area contributed by atoms with Crippen molar-refractivity contribution in [2.24, 2.45) is 0 Å². The molecule has 0 aliphatic heterocycles. The van der Waals surface area contributed by atoms with Crippen LogP contribution in [0.25, 0.3) is 12.3 Å². The summed E-state index contributed by atoms with van der Waals surface area (Å²) in [5, 5.41) is 0. The van der Waals surface area contributed by atoms with E-state index in [1.807, 2.05) is 0 Å². The Balaban J connectivity index is 0. The molecule has 0 aromatic heterocycles. The van der Waals surface area contributed by atoms with Gasteiger partial charge in [0.15, 0.2) is 0 Å². The van der Waals surface area contributed by atoms with Crippen molar-refractivity contribution in [3.8, 4) is 0 Å². The zero-order valence-electron chi connectivity index (χ0n) is 3.02. The molecule has 0 aliphatic rings. The zero-order chi connectivity index (χ0) is 0. The van der Waals surface area contributed by atoms with Crippen LogP contribution < -0.4 is 0 Å². The molecule has 0 aromatic rings. The molecule has 0 N–H and O–H groups in total. The number of nitrogens with zero attached hydrogens (tertiary/aromatic N) is 2. The minimum Gasteiger partial charge on any atom is -3.00 e. The third kappa shape index (κ3) is 20.2.